The third-order valence-corrected chi connectivity index (χ3v) is 3.63. The van der Waals surface area contributed by atoms with Crippen molar-refractivity contribution in [3.8, 4) is 11.4 Å². The van der Waals surface area contributed by atoms with Gasteiger partial charge in [0.1, 0.15) is 11.9 Å². The zero-order valence-corrected chi connectivity index (χ0v) is 13.6. The van der Waals surface area contributed by atoms with Crippen molar-refractivity contribution in [2.45, 2.75) is 13.0 Å². The summed E-state index contributed by atoms with van der Waals surface area (Å²) in [6.07, 6.45) is 1.52. The fourth-order valence-electron chi connectivity index (χ4n) is 2.16. The van der Waals surface area contributed by atoms with Crippen LogP contribution in [0.15, 0.2) is 51.9 Å². The summed E-state index contributed by atoms with van der Waals surface area (Å²) in [5.74, 6) is -0.282. The highest BCUT2D eigenvalue weighted by molar-refractivity contribution is 5.94. The molecule has 1 aromatic carbocycles. The number of hydrogen-bond donors (Lipinski definition) is 1. The molecule has 3 rings (SSSR count). The van der Waals surface area contributed by atoms with Gasteiger partial charge in [-0.1, -0.05) is 5.16 Å². The first-order valence-corrected chi connectivity index (χ1v) is 7.51. The van der Waals surface area contributed by atoms with Gasteiger partial charge in [0.25, 0.3) is 11.5 Å². The van der Waals surface area contributed by atoms with Crippen molar-refractivity contribution in [2.24, 2.45) is 7.05 Å². The van der Waals surface area contributed by atoms with Crippen molar-refractivity contribution in [1.82, 2.24) is 20.0 Å². The van der Waals surface area contributed by atoms with Crippen LogP contribution in [0.2, 0.25) is 0 Å². The molecule has 7 nitrogen and oxygen atoms in total. The van der Waals surface area contributed by atoms with Gasteiger partial charge in [-0.2, -0.15) is 4.98 Å². The minimum Gasteiger partial charge on any atom is -0.341 e. The number of carbonyl (C=O) groups is 1. The van der Waals surface area contributed by atoms with Gasteiger partial charge in [0.05, 0.1) is 0 Å². The van der Waals surface area contributed by atoms with Crippen LogP contribution in [0.3, 0.4) is 0 Å². The van der Waals surface area contributed by atoms with Crippen LogP contribution in [0, 0.1) is 5.82 Å². The van der Waals surface area contributed by atoms with E-state index in [2.05, 4.69) is 15.5 Å². The van der Waals surface area contributed by atoms with E-state index in [1.54, 1.807) is 20.0 Å². The molecule has 0 bridgehead atoms. The maximum absolute atomic E-state index is 13.0. The van der Waals surface area contributed by atoms with E-state index in [1.165, 1.54) is 41.1 Å². The van der Waals surface area contributed by atoms with Crippen LogP contribution in [0.1, 0.15) is 29.2 Å². The number of aromatic nitrogens is 3. The molecule has 2 aromatic heterocycles. The lowest BCUT2D eigenvalue weighted by atomic mass is 10.2. The van der Waals surface area contributed by atoms with E-state index in [0.717, 1.165) is 0 Å². The lowest BCUT2D eigenvalue weighted by molar-refractivity contribution is 0.0932. The molecule has 128 valence electrons. The van der Waals surface area contributed by atoms with E-state index in [4.69, 9.17) is 4.52 Å². The van der Waals surface area contributed by atoms with Gasteiger partial charge in [-0.05, 0) is 37.3 Å². The summed E-state index contributed by atoms with van der Waals surface area (Å²) in [4.78, 5) is 28.0. The number of pyridine rings is 1. The lowest BCUT2D eigenvalue weighted by Gasteiger charge is -2.09. The standard InChI is InChI=1S/C17H15FN4O3/c1-10(19-16(24)12-7-8-22(2)14(23)9-12)17-20-15(21-25-17)11-3-5-13(18)6-4-11/h3-10H,1-2H3,(H,19,24)/t10-/m0/s1. The second kappa shape index (κ2) is 6.68. The smallest absolute Gasteiger partial charge is 0.252 e. The monoisotopic (exact) mass is 342 g/mol. The molecule has 0 saturated carbocycles. The molecule has 0 fully saturated rings. The number of rotatable bonds is 4. The van der Waals surface area contributed by atoms with Crippen molar-refractivity contribution in [1.29, 1.82) is 0 Å². The Kier molecular flexibility index (Phi) is 4.42. The summed E-state index contributed by atoms with van der Waals surface area (Å²) in [6, 6.07) is 7.90. The van der Waals surface area contributed by atoms with Crippen LogP contribution in [0.25, 0.3) is 11.4 Å². The molecule has 0 saturated heterocycles. The van der Waals surface area contributed by atoms with Crippen LogP contribution < -0.4 is 10.9 Å². The molecular formula is C17H15FN4O3. The number of aryl methyl sites for hydroxylation is 1. The number of nitrogens with zero attached hydrogens (tertiary/aromatic N) is 3. The molecule has 0 unspecified atom stereocenters. The molecule has 1 amide bonds. The summed E-state index contributed by atoms with van der Waals surface area (Å²) >= 11 is 0. The van der Waals surface area contributed by atoms with Crippen LogP contribution in [0.4, 0.5) is 4.39 Å². The van der Waals surface area contributed by atoms with Crippen molar-refractivity contribution in [3.05, 3.63) is 70.2 Å². The van der Waals surface area contributed by atoms with Gasteiger partial charge >= 0.3 is 0 Å². The second-order valence-corrected chi connectivity index (χ2v) is 5.52. The molecule has 0 aliphatic carbocycles. The number of hydrogen-bond acceptors (Lipinski definition) is 5. The van der Waals surface area contributed by atoms with Crippen molar-refractivity contribution < 1.29 is 13.7 Å². The van der Waals surface area contributed by atoms with E-state index >= 15 is 0 Å². The van der Waals surface area contributed by atoms with Gasteiger partial charge in [-0.15, -0.1) is 0 Å². The average molecular weight is 342 g/mol. The van der Waals surface area contributed by atoms with E-state index in [0.29, 0.717) is 11.4 Å². The SMILES string of the molecule is C[C@H](NC(=O)c1ccn(C)c(=O)c1)c1nc(-c2ccc(F)cc2)no1. The molecular weight excluding hydrogens is 327 g/mol. The molecule has 2 heterocycles. The zero-order chi connectivity index (χ0) is 18.0. The van der Waals surface area contributed by atoms with Gasteiger partial charge in [0.2, 0.25) is 11.7 Å². The third kappa shape index (κ3) is 3.63. The Hall–Kier alpha value is -3.29. The highest BCUT2D eigenvalue weighted by atomic mass is 19.1. The zero-order valence-electron chi connectivity index (χ0n) is 13.6. The van der Waals surface area contributed by atoms with Gasteiger partial charge in [-0.25, -0.2) is 4.39 Å². The van der Waals surface area contributed by atoms with E-state index in [1.807, 2.05) is 0 Å². The lowest BCUT2D eigenvalue weighted by Crippen LogP contribution is -2.28. The molecule has 0 spiro atoms. The second-order valence-electron chi connectivity index (χ2n) is 5.52. The average Bonchev–Trinajstić information content (AvgIpc) is 3.08. The van der Waals surface area contributed by atoms with E-state index in [-0.39, 0.29) is 22.8 Å². The van der Waals surface area contributed by atoms with Crippen LogP contribution in [-0.4, -0.2) is 20.6 Å². The van der Waals surface area contributed by atoms with Gasteiger partial charge in [0, 0.05) is 30.4 Å². The Labute approximate surface area is 142 Å². The molecule has 1 atom stereocenters. The first-order chi connectivity index (χ1) is 11.9. The molecule has 8 heteroatoms. The Morgan fingerprint density at radius 1 is 1.28 bits per heavy atom. The molecule has 0 radical (unpaired) electrons. The van der Waals surface area contributed by atoms with Crippen LogP contribution >= 0.6 is 0 Å². The number of nitrogens with one attached hydrogen (secondary N) is 1. The minimum atomic E-state index is -0.557. The fraction of sp³-hybridized carbons (Fsp3) is 0.176. The fourth-order valence-corrected chi connectivity index (χ4v) is 2.16. The molecule has 3 aromatic rings. The van der Waals surface area contributed by atoms with Gasteiger partial charge in [-0.3, -0.25) is 9.59 Å². The summed E-state index contributed by atoms with van der Waals surface area (Å²) in [5, 5.41) is 6.52. The normalized spacial score (nSPS) is 12.0. The Morgan fingerprint density at radius 2 is 2.00 bits per heavy atom. The minimum absolute atomic E-state index is 0.205. The van der Waals surface area contributed by atoms with E-state index in [9.17, 15) is 14.0 Å². The van der Waals surface area contributed by atoms with Crippen LogP contribution in [0.5, 0.6) is 0 Å². The summed E-state index contributed by atoms with van der Waals surface area (Å²) in [7, 11) is 1.60. The molecule has 0 aliphatic heterocycles. The van der Waals surface area contributed by atoms with Crippen molar-refractivity contribution >= 4 is 5.91 Å². The van der Waals surface area contributed by atoms with Gasteiger partial charge < -0.3 is 14.4 Å². The number of halogens is 1. The first-order valence-electron chi connectivity index (χ1n) is 7.51. The van der Waals surface area contributed by atoms with E-state index < -0.39 is 11.9 Å². The first kappa shape index (κ1) is 16.6. The van der Waals surface area contributed by atoms with Crippen molar-refractivity contribution in [2.75, 3.05) is 0 Å². The largest absolute Gasteiger partial charge is 0.341 e. The third-order valence-electron chi connectivity index (χ3n) is 3.63. The molecule has 25 heavy (non-hydrogen) atoms. The predicted octanol–water partition coefficient (Wildman–Crippen LogP) is 2.07. The Morgan fingerprint density at radius 3 is 2.68 bits per heavy atom. The Balaban J connectivity index is 1.74. The molecule has 1 N–H and O–H groups in total. The van der Waals surface area contributed by atoms with Gasteiger partial charge in [0.15, 0.2) is 0 Å². The summed E-state index contributed by atoms with van der Waals surface area (Å²) in [6.45, 7) is 1.68. The molecule has 0 aliphatic rings. The quantitative estimate of drug-likeness (QED) is 0.784. The van der Waals surface area contributed by atoms with Crippen LogP contribution in [-0.2, 0) is 7.05 Å². The maximum atomic E-state index is 13.0. The topological polar surface area (TPSA) is 90.0 Å². The summed E-state index contributed by atoms with van der Waals surface area (Å²) in [5.41, 5.74) is 0.561. The highest BCUT2D eigenvalue weighted by Gasteiger charge is 2.18. The summed E-state index contributed by atoms with van der Waals surface area (Å²) < 4.78 is 19.5. The number of carbonyl (C=O) groups excluding carboxylic acids is 1. The maximum Gasteiger partial charge on any atom is 0.252 e. The van der Waals surface area contributed by atoms with Crippen molar-refractivity contribution in [3.63, 3.8) is 0 Å². The number of amides is 1. The predicted molar refractivity (Wildman–Crippen MR) is 87.3 cm³/mol. The number of benzene rings is 1. The Bertz CT molecular complexity index is 963. The highest BCUT2D eigenvalue weighted by Crippen LogP contribution is 2.19.